The van der Waals surface area contributed by atoms with Gasteiger partial charge in [-0.25, -0.2) is 8.78 Å². The van der Waals surface area contributed by atoms with Gasteiger partial charge in [0.15, 0.2) is 0 Å². The van der Waals surface area contributed by atoms with E-state index in [0.29, 0.717) is 6.54 Å². The van der Waals surface area contributed by atoms with E-state index in [4.69, 9.17) is 5.11 Å². The van der Waals surface area contributed by atoms with Crippen LogP contribution in [0.4, 0.5) is 8.78 Å². The number of aliphatic hydroxyl groups is 1. The molecular formula is C9H18F2N2O2. The van der Waals surface area contributed by atoms with Crippen LogP contribution < -0.4 is 10.6 Å². The van der Waals surface area contributed by atoms with Crippen LogP contribution in [-0.4, -0.2) is 42.7 Å². The Morgan fingerprint density at radius 2 is 2.07 bits per heavy atom. The van der Waals surface area contributed by atoms with Crippen LogP contribution in [-0.2, 0) is 4.79 Å². The maximum atomic E-state index is 12.5. The first-order valence-corrected chi connectivity index (χ1v) is 4.86. The van der Waals surface area contributed by atoms with Crippen molar-refractivity contribution in [3.05, 3.63) is 0 Å². The lowest BCUT2D eigenvalue weighted by molar-refractivity contribution is -0.123. The number of alkyl halides is 2. The van der Waals surface area contributed by atoms with E-state index in [-0.39, 0.29) is 12.5 Å². The first-order chi connectivity index (χ1) is 6.87. The predicted molar refractivity (Wildman–Crippen MR) is 52.8 cm³/mol. The zero-order valence-electron chi connectivity index (χ0n) is 9.02. The van der Waals surface area contributed by atoms with Crippen molar-refractivity contribution in [2.45, 2.75) is 32.2 Å². The number of rotatable bonds is 7. The van der Waals surface area contributed by atoms with Crippen molar-refractivity contribution in [2.24, 2.45) is 0 Å². The van der Waals surface area contributed by atoms with Crippen LogP contribution in [0.25, 0.3) is 0 Å². The van der Waals surface area contributed by atoms with Gasteiger partial charge in [-0.1, -0.05) is 13.8 Å². The fraction of sp³-hybridized carbons (Fsp3) is 0.889. The molecule has 3 N–H and O–H groups in total. The maximum Gasteiger partial charge on any atom is 0.287 e. The van der Waals surface area contributed by atoms with Gasteiger partial charge in [0.05, 0.1) is 6.54 Å². The quantitative estimate of drug-likeness (QED) is 0.575. The van der Waals surface area contributed by atoms with Gasteiger partial charge in [-0.15, -0.1) is 0 Å². The van der Waals surface area contributed by atoms with Crippen LogP contribution in [0.1, 0.15) is 20.3 Å². The van der Waals surface area contributed by atoms with Crippen LogP contribution in [0.2, 0.25) is 0 Å². The number of amides is 1. The Bertz CT molecular complexity index is 199. The highest BCUT2D eigenvalue weighted by Gasteiger charge is 2.27. The molecule has 0 fully saturated rings. The third kappa shape index (κ3) is 8.26. The zero-order valence-corrected chi connectivity index (χ0v) is 9.02. The van der Waals surface area contributed by atoms with Gasteiger partial charge in [-0.2, -0.15) is 0 Å². The average molecular weight is 224 g/mol. The van der Waals surface area contributed by atoms with Crippen LogP contribution in [0.3, 0.4) is 0 Å². The molecule has 0 aromatic heterocycles. The molecule has 0 atom stereocenters. The summed E-state index contributed by atoms with van der Waals surface area (Å²) in [6.45, 7) is 2.24. The van der Waals surface area contributed by atoms with E-state index in [1.165, 1.54) is 0 Å². The van der Waals surface area contributed by atoms with Gasteiger partial charge in [-0.05, 0) is 0 Å². The molecule has 0 heterocycles. The average Bonchev–Trinajstić information content (AvgIpc) is 2.14. The summed E-state index contributed by atoms with van der Waals surface area (Å²) in [5.41, 5.74) is 0. The molecule has 0 bridgehead atoms. The number of hydrogen-bond acceptors (Lipinski definition) is 3. The topological polar surface area (TPSA) is 61.4 Å². The van der Waals surface area contributed by atoms with E-state index in [1.54, 1.807) is 0 Å². The number of carbonyl (C=O) groups is 1. The monoisotopic (exact) mass is 224 g/mol. The van der Waals surface area contributed by atoms with Gasteiger partial charge in [0.25, 0.3) is 5.92 Å². The van der Waals surface area contributed by atoms with Crippen LogP contribution in [0.15, 0.2) is 0 Å². The summed E-state index contributed by atoms with van der Waals surface area (Å²) in [6, 6.07) is 0.261. The molecule has 0 aliphatic heterocycles. The Kier molecular flexibility index (Phi) is 6.35. The lowest BCUT2D eigenvalue weighted by atomic mass is 10.3. The molecule has 0 rings (SSSR count). The minimum absolute atomic E-state index is 0.152. The molecule has 90 valence electrons. The van der Waals surface area contributed by atoms with E-state index in [0.717, 1.165) is 0 Å². The Morgan fingerprint density at radius 1 is 1.47 bits per heavy atom. The second-order valence-electron chi connectivity index (χ2n) is 3.65. The van der Waals surface area contributed by atoms with Crippen molar-refractivity contribution < 1.29 is 18.7 Å². The standard InChI is InChI=1S/C9H18F2N2O2/c1-7(2)12-4-3-8(15)13-5-9(10,11)6-14/h7,12,14H,3-6H2,1-2H3,(H,13,15). The van der Waals surface area contributed by atoms with Crippen molar-refractivity contribution in [3.63, 3.8) is 0 Å². The molecule has 0 unspecified atom stereocenters. The Labute approximate surface area is 88.0 Å². The normalized spacial score (nSPS) is 11.9. The molecule has 6 heteroatoms. The van der Waals surface area contributed by atoms with Crippen LogP contribution >= 0.6 is 0 Å². The molecular weight excluding hydrogens is 206 g/mol. The lowest BCUT2D eigenvalue weighted by Gasteiger charge is -2.14. The van der Waals surface area contributed by atoms with Crippen molar-refractivity contribution in [2.75, 3.05) is 19.7 Å². The third-order valence-corrected chi connectivity index (χ3v) is 1.68. The fourth-order valence-electron chi connectivity index (χ4n) is 0.847. The van der Waals surface area contributed by atoms with Crippen molar-refractivity contribution in [1.82, 2.24) is 10.6 Å². The molecule has 0 saturated carbocycles. The van der Waals surface area contributed by atoms with Crippen LogP contribution in [0.5, 0.6) is 0 Å². The van der Waals surface area contributed by atoms with Crippen molar-refractivity contribution >= 4 is 5.91 Å². The van der Waals surface area contributed by atoms with Gasteiger partial charge in [0.2, 0.25) is 5.91 Å². The summed E-state index contributed by atoms with van der Waals surface area (Å²) in [6.07, 6.45) is 0.152. The summed E-state index contributed by atoms with van der Waals surface area (Å²) in [5, 5.41) is 13.3. The Balaban J connectivity index is 3.58. The Hall–Kier alpha value is -0.750. The van der Waals surface area contributed by atoms with Crippen molar-refractivity contribution in [1.29, 1.82) is 0 Å². The number of aliphatic hydroxyl groups excluding tert-OH is 1. The minimum Gasteiger partial charge on any atom is -0.390 e. The van der Waals surface area contributed by atoms with E-state index in [1.807, 2.05) is 13.8 Å². The highest BCUT2D eigenvalue weighted by atomic mass is 19.3. The first-order valence-electron chi connectivity index (χ1n) is 4.86. The summed E-state index contributed by atoms with van der Waals surface area (Å²) in [7, 11) is 0. The zero-order chi connectivity index (χ0) is 11.9. The summed E-state index contributed by atoms with van der Waals surface area (Å²) >= 11 is 0. The van der Waals surface area contributed by atoms with Gasteiger partial charge < -0.3 is 15.7 Å². The lowest BCUT2D eigenvalue weighted by Crippen LogP contribution is -2.40. The molecule has 0 aromatic carbocycles. The number of nitrogens with one attached hydrogen (secondary N) is 2. The molecule has 0 saturated heterocycles. The highest BCUT2D eigenvalue weighted by Crippen LogP contribution is 2.09. The second kappa shape index (κ2) is 6.68. The number of carbonyl (C=O) groups excluding carboxylic acids is 1. The predicted octanol–water partition coefficient (Wildman–Crippen LogP) is 0.118. The van der Waals surface area contributed by atoms with Gasteiger partial charge in [0.1, 0.15) is 6.61 Å². The van der Waals surface area contributed by atoms with E-state index in [9.17, 15) is 13.6 Å². The smallest absolute Gasteiger partial charge is 0.287 e. The molecule has 0 aliphatic rings. The SMILES string of the molecule is CC(C)NCCC(=O)NCC(F)(F)CO. The van der Waals surface area contributed by atoms with E-state index in [2.05, 4.69) is 10.6 Å². The number of hydrogen-bond donors (Lipinski definition) is 3. The molecule has 0 aliphatic carbocycles. The van der Waals surface area contributed by atoms with Gasteiger partial charge in [-0.3, -0.25) is 4.79 Å². The third-order valence-electron chi connectivity index (χ3n) is 1.68. The molecule has 0 aromatic rings. The highest BCUT2D eigenvalue weighted by molar-refractivity contribution is 5.76. The van der Waals surface area contributed by atoms with Crippen molar-refractivity contribution in [3.8, 4) is 0 Å². The Morgan fingerprint density at radius 3 is 2.53 bits per heavy atom. The summed E-state index contributed by atoms with van der Waals surface area (Å²) in [4.78, 5) is 11.0. The molecule has 0 spiro atoms. The second-order valence-corrected chi connectivity index (χ2v) is 3.65. The van der Waals surface area contributed by atoms with Gasteiger partial charge >= 0.3 is 0 Å². The molecule has 0 radical (unpaired) electrons. The molecule has 1 amide bonds. The van der Waals surface area contributed by atoms with Crippen LogP contribution in [0, 0.1) is 0 Å². The largest absolute Gasteiger partial charge is 0.390 e. The summed E-state index contributed by atoms with van der Waals surface area (Å²) in [5.74, 6) is -3.68. The fourth-order valence-corrected chi connectivity index (χ4v) is 0.847. The first kappa shape index (κ1) is 14.2. The molecule has 4 nitrogen and oxygen atoms in total. The van der Waals surface area contributed by atoms with E-state index >= 15 is 0 Å². The van der Waals surface area contributed by atoms with Gasteiger partial charge in [0, 0.05) is 19.0 Å². The number of halogens is 2. The minimum atomic E-state index is -3.23. The summed E-state index contributed by atoms with van der Waals surface area (Å²) < 4.78 is 25.0. The van der Waals surface area contributed by atoms with E-state index < -0.39 is 25.0 Å². The molecule has 15 heavy (non-hydrogen) atoms. The maximum absolute atomic E-state index is 12.5.